The number of amides is 1. The molecule has 28 heavy (non-hydrogen) atoms. The van der Waals surface area contributed by atoms with E-state index in [-0.39, 0.29) is 17.1 Å². The van der Waals surface area contributed by atoms with Crippen molar-refractivity contribution < 1.29 is 9.53 Å². The van der Waals surface area contributed by atoms with Gasteiger partial charge in [-0.3, -0.25) is 10.1 Å². The first kappa shape index (κ1) is 18.4. The zero-order chi connectivity index (χ0) is 19.7. The Bertz CT molecular complexity index is 1070. The third kappa shape index (κ3) is 3.71. The van der Waals surface area contributed by atoms with Gasteiger partial charge in [-0.05, 0) is 79.7 Å². The minimum absolute atomic E-state index is 0.0461. The van der Waals surface area contributed by atoms with Crippen LogP contribution in [0.1, 0.15) is 35.3 Å². The van der Waals surface area contributed by atoms with E-state index in [0.29, 0.717) is 11.3 Å². The van der Waals surface area contributed by atoms with Gasteiger partial charge in [-0.15, -0.1) is 0 Å². The zero-order valence-corrected chi connectivity index (χ0v) is 16.7. The van der Waals surface area contributed by atoms with E-state index >= 15 is 0 Å². The Balaban J connectivity index is 1.50. The summed E-state index contributed by atoms with van der Waals surface area (Å²) < 4.78 is 5.65. The van der Waals surface area contributed by atoms with Crippen molar-refractivity contribution in [3.63, 3.8) is 0 Å². The van der Waals surface area contributed by atoms with Crippen LogP contribution in [0.2, 0.25) is 0 Å². The molecule has 1 aliphatic rings. The summed E-state index contributed by atoms with van der Waals surface area (Å²) in [5.41, 5.74) is 4.15. The van der Waals surface area contributed by atoms with Crippen LogP contribution in [0.4, 0.5) is 5.69 Å². The summed E-state index contributed by atoms with van der Waals surface area (Å²) in [6.07, 6.45) is 2.20. The number of benzene rings is 3. The van der Waals surface area contributed by atoms with Crippen molar-refractivity contribution in [2.75, 3.05) is 5.32 Å². The molecule has 0 saturated heterocycles. The van der Waals surface area contributed by atoms with Crippen LogP contribution in [-0.4, -0.2) is 17.1 Å². The molecule has 0 aliphatic heterocycles. The quantitative estimate of drug-likeness (QED) is 0.625. The monoisotopic (exact) mass is 390 g/mol. The predicted octanol–water partition coefficient (Wildman–Crippen LogP) is 4.85. The normalized spacial score (nSPS) is 12.2. The summed E-state index contributed by atoms with van der Waals surface area (Å²) in [6, 6.07) is 17.6. The average Bonchev–Trinajstić information content (AvgIpc) is 3.08. The molecule has 0 spiro atoms. The molecule has 0 saturated carbocycles. The molecular formula is C23H22N2O2S. The number of aryl methyl sites for hydroxylation is 2. The summed E-state index contributed by atoms with van der Waals surface area (Å²) in [5, 5.41) is 8.66. The van der Waals surface area contributed by atoms with Gasteiger partial charge in [0.15, 0.2) is 5.11 Å². The summed E-state index contributed by atoms with van der Waals surface area (Å²) in [7, 11) is 0. The molecule has 5 heteroatoms. The number of ether oxygens (including phenoxy) is 1. The van der Waals surface area contributed by atoms with Crippen LogP contribution in [-0.2, 0) is 12.8 Å². The molecule has 4 nitrogen and oxygen atoms in total. The number of anilines is 1. The van der Waals surface area contributed by atoms with E-state index in [2.05, 4.69) is 34.9 Å². The number of thiocarbonyl (C=S) groups is 1. The van der Waals surface area contributed by atoms with Crippen LogP contribution < -0.4 is 15.4 Å². The first-order chi connectivity index (χ1) is 13.5. The van der Waals surface area contributed by atoms with Crippen molar-refractivity contribution in [1.82, 2.24) is 5.32 Å². The second-order valence-corrected chi connectivity index (χ2v) is 7.62. The van der Waals surface area contributed by atoms with Gasteiger partial charge in [-0.1, -0.05) is 30.3 Å². The lowest BCUT2D eigenvalue weighted by Crippen LogP contribution is -2.34. The molecule has 0 bridgehead atoms. The highest BCUT2D eigenvalue weighted by atomic mass is 32.1. The first-order valence-corrected chi connectivity index (χ1v) is 9.84. The van der Waals surface area contributed by atoms with Crippen molar-refractivity contribution >= 4 is 39.7 Å². The van der Waals surface area contributed by atoms with E-state index in [1.807, 2.05) is 26.0 Å². The molecule has 1 amide bonds. The Morgan fingerprint density at radius 1 is 1.04 bits per heavy atom. The molecular weight excluding hydrogens is 368 g/mol. The molecule has 3 aromatic carbocycles. The van der Waals surface area contributed by atoms with Crippen molar-refractivity contribution in [2.45, 2.75) is 32.8 Å². The SMILES string of the molecule is CC(C)Oc1cccc(C(=O)NC(=S)Nc2ccc3c4c(cccc24)CC3)c1. The van der Waals surface area contributed by atoms with Crippen LogP contribution in [0, 0.1) is 0 Å². The third-order valence-corrected chi connectivity index (χ3v) is 5.02. The minimum atomic E-state index is -0.266. The summed E-state index contributed by atoms with van der Waals surface area (Å²) >= 11 is 5.39. The molecule has 0 heterocycles. The van der Waals surface area contributed by atoms with Gasteiger partial charge in [0.25, 0.3) is 5.91 Å². The van der Waals surface area contributed by atoms with E-state index in [9.17, 15) is 4.79 Å². The second kappa shape index (κ2) is 7.60. The largest absolute Gasteiger partial charge is 0.491 e. The van der Waals surface area contributed by atoms with Gasteiger partial charge in [-0.2, -0.15) is 0 Å². The van der Waals surface area contributed by atoms with Crippen molar-refractivity contribution in [3.05, 3.63) is 71.3 Å². The second-order valence-electron chi connectivity index (χ2n) is 7.21. The van der Waals surface area contributed by atoms with Crippen molar-refractivity contribution in [1.29, 1.82) is 0 Å². The van der Waals surface area contributed by atoms with Gasteiger partial charge in [0.1, 0.15) is 5.75 Å². The fourth-order valence-electron chi connectivity index (χ4n) is 3.67. The predicted molar refractivity (Wildman–Crippen MR) is 117 cm³/mol. The Morgan fingerprint density at radius 3 is 2.57 bits per heavy atom. The Morgan fingerprint density at radius 2 is 1.79 bits per heavy atom. The molecule has 1 aliphatic carbocycles. The molecule has 0 atom stereocenters. The Kier molecular flexibility index (Phi) is 5.01. The fourth-order valence-corrected chi connectivity index (χ4v) is 3.87. The van der Waals surface area contributed by atoms with Gasteiger partial charge in [0.2, 0.25) is 0 Å². The van der Waals surface area contributed by atoms with Crippen molar-refractivity contribution in [2.24, 2.45) is 0 Å². The summed E-state index contributed by atoms with van der Waals surface area (Å²) in [5.74, 6) is 0.395. The van der Waals surface area contributed by atoms with E-state index in [0.717, 1.165) is 23.9 Å². The average molecular weight is 391 g/mol. The van der Waals surface area contributed by atoms with Crippen LogP contribution in [0.3, 0.4) is 0 Å². The van der Waals surface area contributed by atoms with Crippen LogP contribution >= 0.6 is 12.2 Å². The molecule has 0 fully saturated rings. The van der Waals surface area contributed by atoms with Gasteiger partial charge in [-0.25, -0.2) is 0 Å². The maximum absolute atomic E-state index is 12.6. The van der Waals surface area contributed by atoms with E-state index in [1.165, 1.54) is 16.5 Å². The highest BCUT2D eigenvalue weighted by molar-refractivity contribution is 7.80. The van der Waals surface area contributed by atoms with Crippen LogP contribution in [0.15, 0.2) is 54.6 Å². The van der Waals surface area contributed by atoms with E-state index in [4.69, 9.17) is 17.0 Å². The van der Waals surface area contributed by atoms with Crippen molar-refractivity contribution in [3.8, 4) is 5.75 Å². The van der Waals surface area contributed by atoms with E-state index < -0.39 is 0 Å². The molecule has 0 unspecified atom stereocenters. The lowest BCUT2D eigenvalue weighted by molar-refractivity contribution is 0.0977. The fraction of sp³-hybridized carbons (Fsp3) is 0.217. The molecule has 3 aromatic rings. The molecule has 2 N–H and O–H groups in total. The highest BCUT2D eigenvalue weighted by Crippen LogP contribution is 2.34. The van der Waals surface area contributed by atoms with Crippen LogP contribution in [0.25, 0.3) is 10.8 Å². The topological polar surface area (TPSA) is 50.4 Å². The number of carbonyl (C=O) groups is 1. The minimum Gasteiger partial charge on any atom is -0.491 e. The van der Waals surface area contributed by atoms with Gasteiger partial charge in [0, 0.05) is 16.6 Å². The number of hydrogen-bond acceptors (Lipinski definition) is 3. The zero-order valence-electron chi connectivity index (χ0n) is 15.9. The molecule has 142 valence electrons. The number of nitrogens with one attached hydrogen (secondary N) is 2. The molecule has 0 aromatic heterocycles. The van der Waals surface area contributed by atoms with Gasteiger partial charge < -0.3 is 10.1 Å². The first-order valence-electron chi connectivity index (χ1n) is 9.44. The van der Waals surface area contributed by atoms with Gasteiger partial charge in [0.05, 0.1) is 6.10 Å². The smallest absolute Gasteiger partial charge is 0.257 e. The maximum atomic E-state index is 12.6. The summed E-state index contributed by atoms with van der Waals surface area (Å²) in [4.78, 5) is 12.6. The standard InChI is InChI=1S/C23H22N2O2S/c1-14(2)27-18-7-3-6-17(13-18)22(26)25-23(28)24-20-12-11-16-10-9-15-5-4-8-19(20)21(15)16/h3-8,11-14H,9-10H2,1-2H3,(H2,24,25,26,28). The lowest BCUT2D eigenvalue weighted by atomic mass is 10.0. The Labute approximate surface area is 169 Å². The molecule has 4 rings (SSSR count). The molecule has 0 radical (unpaired) electrons. The van der Waals surface area contributed by atoms with E-state index in [1.54, 1.807) is 18.2 Å². The summed E-state index contributed by atoms with van der Waals surface area (Å²) in [6.45, 7) is 3.90. The third-order valence-electron chi connectivity index (χ3n) is 4.82. The number of carbonyl (C=O) groups excluding carboxylic acids is 1. The number of rotatable bonds is 4. The highest BCUT2D eigenvalue weighted by Gasteiger charge is 2.16. The van der Waals surface area contributed by atoms with Gasteiger partial charge >= 0.3 is 0 Å². The lowest BCUT2D eigenvalue weighted by Gasteiger charge is -2.14. The van der Waals surface area contributed by atoms with Crippen LogP contribution in [0.5, 0.6) is 5.75 Å². The Hall–Kier alpha value is -2.92. The maximum Gasteiger partial charge on any atom is 0.257 e. The number of hydrogen-bond donors (Lipinski definition) is 2.